The van der Waals surface area contributed by atoms with E-state index in [-0.39, 0.29) is 9.92 Å². The quantitative estimate of drug-likeness (QED) is 0.827. The molecule has 1 aliphatic rings. The fraction of sp³-hybridized carbons (Fsp3) is 0.545. The predicted octanol–water partition coefficient (Wildman–Crippen LogP) is 2.16. The number of pyridine rings is 1. The van der Waals surface area contributed by atoms with Crippen LogP contribution in [0.15, 0.2) is 23.4 Å². The van der Waals surface area contributed by atoms with Gasteiger partial charge in [-0.25, -0.2) is 8.42 Å². The maximum absolute atomic E-state index is 12.3. The first-order valence-corrected chi connectivity index (χ1v) is 7.47. The molecule has 1 saturated carbocycles. The van der Waals surface area contributed by atoms with E-state index in [0.717, 1.165) is 12.8 Å². The second-order valence-corrected chi connectivity index (χ2v) is 6.52. The molecule has 1 aliphatic carbocycles. The molecule has 1 fully saturated rings. The Labute approximate surface area is 107 Å². The van der Waals surface area contributed by atoms with E-state index < -0.39 is 10.0 Å². The Morgan fingerprint density at radius 2 is 2.24 bits per heavy atom. The van der Waals surface area contributed by atoms with Gasteiger partial charge in [0.2, 0.25) is 10.0 Å². The molecule has 6 heteroatoms. The molecule has 2 rings (SSSR count). The van der Waals surface area contributed by atoms with E-state index in [1.54, 1.807) is 0 Å². The molecular weight excluding hydrogens is 260 g/mol. The number of nitrogens with zero attached hydrogens (tertiary/aromatic N) is 2. The molecule has 0 unspecified atom stereocenters. The molecule has 94 valence electrons. The first kappa shape index (κ1) is 12.8. The Balaban J connectivity index is 2.30. The number of sulfonamides is 1. The van der Waals surface area contributed by atoms with Crippen molar-refractivity contribution in [3.63, 3.8) is 0 Å². The van der Waals surface area contributed by atoms with Crippen molar-refractivity contribution in [2.75, 3.05) is 13.1 Å². The number of aromatic nitrogens is 1. The van der Waals surface area contributed by atoms with E-state index in [1.165, 1.54) is 22.8 Å². The summed E-state index contributed by atoms with van der Waals surface area (Å²) in [7, 11) is -3.50. The van der Waals surface area contributed by atoms with Gasteiger partial charge in [0.1, 0.15) is 4.90 Å². The lowest BCUT2D eigenvalue weighted by Crippen LogP contribution is -2.33. The molecule has 1 heterocycles. The van der Waals surface area contributed by atoms with Crippen LogP contribution in [0.1, 0.15) is 19.8 Å². The largest absolute Gasteiger partial charge is 0.263 e. The minimum absolute atomic E-state index is 0.101. The van der Waals surface area contributed by atoms with Crippen LogP contribution in [-0.2, 0) is 10.0 Å². The van der Waals surface area contributed by atoms with E-state index >= 15 is 0 Å². The summed E-state index contributed by atoms with van der Waals surface area (Å²) in [5.41, 5.74) is 0. The van der Waals surface area contributed by atoms with E-state index in [2.05, 4.69) is 4.98 Å². The molecule has 1 aromatic rings. The fourth-order valence-corrected chi connectivity index (χ4v) is 3.61. The molecule has 0 bridgehead atoms. The highest BCUT2D eigenvalue weighted by atomic mass is 35.5. The minimum Gasteiger partial charge on any atom is -0.263 e. The third kappa shape index (κ3) is 2.78. The summed E-state index contributed by atoms with van der Waals surface area (Å²) in [4.78, 5) is 3.93. The summed E-state index contributed by atoms with van der Waals surface area (Å²) in [6, 6.07) is 1.50. The zero-order valence-electron chi connectivity index (χ0n) is 9.63. The van der Waals surface area contributed by atoms with Crippen molar-refractivity contribution in [1.29, 1.82) is 0 Å². The monoisotopic (exact) mass is 274 g/mol. The Morgan fingerprint density at radius 1 is 1.53 bits per heavy atom. The van der Waals surface area contributed by atoms with E-state index in [9.17, 15) is 8.42 Å². The second-order valence-electron chi connectivity index (χ2n) is 4.21. The van der Waals surface area contributed by atoms with Crippen LogP contribution >= 0.6 is 11.6 Å². The van der Waals surface area contributed by atoms with Crippen LogP contribution in [0.4, 0.5) is 0 Å². The molecule has 0 saturated heterocycles. The first-order chi connectivity index (χ1) is 8.05. The van der Waals surface area contributed by atoms with Gasteiger partial charge in [0.25, 0.3) is 0 Å². The molecule has 0 atom stereocenters. The van der Waals surface area contributed by atoms with Crippen molar-refractivity contribution in [2.45, 2.75) is 24.7 Å². The van der Waals surface area contributed by atoms with Crippen LogP contribution in [0.5, 0.6) is 0 Å². The molecule has 17 heavy (non-hydrogen) atoms. The molecule has 0 aromatic carbocycles. The van der Waals surface area contributed by atoms with Crippen LogP contribution in [0.2, 0.25) is 5.02 Å². The van der Waals surface area contributed by atoms with Crippen molar-refractivity contribution in [2.24, 2.45) is 5.92 Å². The van der Waals surface area contributed by atoms with Gasteiger partial charge in [0.15, 0.2) is 0 Å². The minimum atomic E-state index is -3.50. The summed E-state index contributed by atoms with van der Waals surface area (Å²) in [6.45, 7) is 2.89. The van der Waals surface area contributed by atoms with Gasteiger partial charge in [0, 0.05) is 25.5 Å². The van der Waals surface area contributed by atoms with Crippen molar-refractivity contribution >= 4 is 21.6 Å². The van der Waals surface area contributed by atoms with E-state index in [1.807, 2.05) is 6.92 Å². The van der Waals surface area contributed by atoms with Gasteiger partial charge >= 0.3 is 0 Å². The number of halogens is 1. The standard InChI is InChI=1S/C11H15ClN2O2S/c1-2-14(8-9-3-4-9)17(15,16)11-7-13-6-5-10(11)12/h5-7,9H,2-4,8H2,1H3. The van der Waals surface area contributed by atoms with Crippen molar-refractivity contribution in [1.82, 2.24) is 9.29 Å². The Kier molecular flexibility index (Phi) is 3.70. The van der Waals surface area contributed by atoms with Gasteiger partial charge in [-0.2, -0.15) is 4.31 Å². The van der Waals surface area contributed by atoms with Gasteiger partial charge in [-0.3, -0.25) is 4.98 Å². The summed E-state index contributed by atoms with van der Waals surface area (Å²) >= 11 is 5.92. The average molecular weight is 275 g/mol. The molecule has 0 radical (unpaired) electrons. The fourth-order valence-electron chi connectivity index (χ4n) is 1.68. The smallest absolute Gasteiger partial charge is 0.246 e. The zero-order valence-corrected chi connectivity index (χ0v) is 11.2. The van der Waals surface area contributed by atoms with Crippen molar-refractivity contribution < 1.29 is 8.42 Å². The highest BCUT2D eigenvalue weighted by Gasteiger charge is 2.31. The number of hydrogen-bond acceptors (Lipinski definition) is 3. The molecule has 1 aromatic heterocycles. The van der Waals surface area contributed by atoms with Crippen molar-refractivity contribution in [3.05, 3.63) is 23.5 Å². The summed E-state index contributed by atoms with van der Waals surface area (Å²) in [6.07, 6.45) is 5.03. The summed E-state index contributed by atoms with van der Waals surface area (Å²) < 4.78 is 26.2. The summed E-state index contributed by atoms with van der Waals surface area (Å²) in [5, 5.41) is 0.231. The van der Waals surface area contributed by atoms with Crippen LogP contribution < -0.4 is 0 Å². The van der Waals surface area contributed by atoms with Gasteiger partial charge < -0.3 is 0 Å². The molecule has 0 N–H and O–H groups in total. The Hall–Kier alpha value is -0.650. The normalized spacial score (nSPS) is 16.4. The van der Waals surface area contributed by atoms with Gasteiger partial charge in [-0.1, -0.05) is 18.5 Å². The third-order valence-electron chi connectivity index (χ3n) is 2.86. The summed E-state index contributed by atoms with van der Waals surface area (Å²) in [5.74, 6) is 0.514. The number of rotatable bonds is 5. The SMILES string of the molecule is CCN(CC1CC1)S(=O)(=O)c1cnccc1Cl. The lowest BCUT2D eigenvalue weighted by Gasteiger charge is -2.20. The first-order valence-electron chi connectivity index (χ1n) is 5.65. The average Bonchev–Trinajstić information content (AvgIpc) is 3.09. The molecular formula is C11H15ClN2O2S. The molecule has 0 aliphatic heterocycles. The van der Waals surface area contributed by atoms with Crippen LogP contribution in [0, 0.1) is 5.92 Å². The topological polar surface area (TPSA) is 50.3 Å². The zero-order chi connectivity index (χ0) is 12.5. The lowest BCUT2D eigenvalue weighted by atomic mass is 10.4. The third-order valence-corrected chi connectivity index (χ3v) is 5.27. The highest BCUT2D eigenvalue weighted by molar-refractivity contribution is 7.89. The lowest BCUT2D eigenvalue weighted by molar-refractivity contribution is 0.412. The van der Waals surface area contributed by atoms with E-state index in [4.69, 9.17) is 11.6 Å². The van der Waals surface area contributed by atoms with Gasteiger partial charge in [-0.15, -0.1) is 0 Å². The van der Waals surface area contributed by atoms with Crippen LogP contribution in [0.3, 0.4) is 0 Å². The predicted molar refractivity (Wildman–Crippen MR) is 66.4 cm³/mol. The molecule has 0 spiro atoms. The van der Waals surface area contributed by atoms with E-state index in [0.29, 0.717) is 19.0 Å². The highest BCUT2D eigenvalue weighted by Crippen LogP contribution is 2.32. The second kappa shape index (κ2) is 4.92. The number of hydrogen-bond donors (Lipinski definition) is 0. The Bertz CT molecular complexity index is 500. The Morgan fingerprint density at radius 3 is 2.76 bits per heavy atom. The molecule has 0 amide bonds. The van der Waals surface area contributed by atoms with Crippen LogP contribution in [-0.4, -0.2) is 30.8 Å². The van der Waals surface area contributed by atoms with Gasteiger partial charge in [0.05, 0.1) is 5.02 Å². The van der Waals surface area contributed by atoms with Crippen LogP contribution in [0.25, 0.3) is 0 Å². The maximum atomic E-state index is 12.3. The van der Waals surface area contributed by atoms with Crippen molar-refractivity contribution in [3.8, 4) is 0 Å². The maximum Gasteiger partial charge on any atom is 0.246 e. The van der Waals surface area contributed by atoms with Gasteiger partial charge in [-0.05, 0) is 24.8 Å². The molecule has 4 nitrogen and oxygen atoms in total.